The molecule has 1 aliphatic carbocycles. The van der Waals surface area contributed by atoms with Crippen molar-refractivity contribution in [3.05, 3.63) is 0 Å². The van der Waals surface area contributed by atoms with Crippen LogP contribution in [0.2, 0.25) is 0 Å². The molecule has 1 rings (SSSR count). The van der Waals surface area contributed by atoms with E-state index in [1.54, 1.807) is 0 Å². The van der Waals surface area contributed by atoms with Gasteiger partial charge in [-0.15, -0.1) is 0 Å². The molecule has 1 fully saturated rings. The molecule has 0 unspecified atom stereocenters. The highest BCUT2D eigenvalue weighted by Gasteiger charge is 2.32. The van der Waals surface area contributed by atoms with Crippen molar-refractivity contribution < 1.29 is 4.79 Å². The molecular weight excluding hydrogens is 152 g/mol. The van der Waals surface area contributed by atoms with Crippen LogP contribution in [0.3, 0.4) is 0 Å². The summed E-state index contributed by atoms with van der Waals surface area (Å²) in [5, 5.41) is 3.40. The van der Waals surface area contributed by atoms with E-state index in [-0.39, 0.29) is 11.8 Å². The molecular formula is C9H18N2O. The highest BCUT2D eigenvalue weighted by molar-refractivity contribution is 5.77. The molecule has 12 heavy (non-hydrogen) atoms. The van der Waals surface area contributed by atoms with Crippen LogP contribution in [0.25, 0.3) is 0 Å². The van der Waals surface area contributed by atoms with Crippen molar-refractivity contribution in [2.24, 2.45) is 17.6 Å². The van der Waals surface area contributed by atoms with Gasteiger partial charge in [0.05, 0.1) is 0 Å². The lowest BCUT2D eigenvalue weighted by molar-refractivity contribution is -0.124. The average Bonchev–Trinajstić information content (AvgIpc) is 1.82. The lowest BCUT2D eigenvalue weighted by Gasteiger charge is -2.34. The lowest BCUT2D eigenvalue weighted by Crippen LogP contribution is -2.47. The van der Waals surface area contributed by atoms with Crippen LogP contribution in [-0.2, 0) is 4.79 Å². The Bertz CT molecular complexity index is 162. The average molecular weight is 170 g/mol. The van der Waals surface area contributed by atoms with Gasteiger partial charge in [-0.05, 0) is 25.3 Å². The number of nitrogens with two attached hydrogens (primary N) is 1. The van der Waals surface area contributed by atoms with Crippen LogP contribution in [0.1, 0.15) is 26.7 Å². The molecule has 0 radical (unpaired) electrons. The number of amides is 1. The molecule has 0 saturated heterocycles. The van der Waals surface area contributed by atoms with Crippen LogP contribution in [0.15, 0.2) is 0 Å². The number of carbonyl (C=O) groups is 1. The molecule has 1 aliphatic rings. The molecule has 0 aromatic carbocycles. The third-order valence-corrected chi connectivity index (χ3v) is 2.36. The highest BCUT2D eigenvalue weighted by Crippen LogP contribution is 2.26. The number of carbonyl (C=O) groups excluding carboxylic acids is 1. The van der Waals surface area contributed by atoms with Crippen molar-refractivity contribution in [2.75, 3.05) is 6.54 Å². The molecule has 3 N–H and O–H groups in total. The fraction of sp³-hybridized carbons (Fsp3) is 0.889. The van der Waals surface area contributed by atoms with E-state index in [2.05, 4.69) is 19.2 Å². The first-order valence-corrected chi connectivity index (χ1v) is 4.62. The Morgan fingerprint density at radius 3 is 2.58 bits per heavy atom. The molecule has 0 aliphatic heterocycles. The zero-order valence-electron chi connectivity index (χ0n) is 7.84. The van der Waals surface area contributed by atoms with E-state index in [1.165, 1.54) is 0 Å². The van der Waals surface area contributed by atoms with E-state index in [0.29, 0.717) is 12.0 Å². The van der Waals surface area contributed by atoms with Crippen molar-refractivity contribution in [1.29, 1.82) is 0 Å². The Labute approximate surface area is 73.7 Å². The minimum absolute atomic E-state index is 0.134. The highest BCUT2D eigenvalue weighted by atomic mass is 16.1. The zero-order valence-corrected chi connectivity index (χ0v) is 7.84. The second kappa shape index (κ2) is 3.90. The van der Waals surface area contributed by atoms with Gasteiger partial charge in [-0.25, -0.2) is 0 Å². The van der Waals surface area contributed by atoms with E-state index in [0.717, 1.165) is 19.4 Å². The normalized spacial score (nSPS) is 28.6. The van der Waals surface area contributed by atoms with E-state index in [4.69, 9.17) is 5.73 Å². The topological polar surface area (TPSA) is 55.1 Å². The smallest absolute Gasteiger partial charge is 0.220 e. The standard InChI is InChI=1S/C9H18N2O/c1-6(2)5-11-8-3-7(4-8)9(10)12/h6-8,11H,3-5H2,1-2H3,(H2,10,12). The van der Waals surface area contributed by atoms with Gasteiger partial charge < -0.3 is 11.1 Å². The van der Waals surface area contributed by atoms with Gasteiger partial charge >= 0.3 is 0 Å². The zero-order chi connectivity index (χ0) is 9.14. The summed E-state index contributed by atoms with van der Waals surface area (Å²) >= 11 is 0. The Morgan fingerprint density at radius 1 is 1.58 bits per heavy atom. The molecule has 70 valence electrons. The fourth-order valence-electron chi connectivity index (χ4n) is 1.42. The van der Waals surface area contributed by atoms with E-state index in [1.807, 2.05) is 0 Å². The molecule has 0 bridgehead atoms. The molecule has 1 amide bonds. The first kappa shape index (κ1) is 9.52. The number of primary amides is 1. The summed E-state index contributed by atoms with van der Waals surface area (Å²) in [4.78, 5) is 10.7. The molecule has 0 aromatic rings. The molecule has 0 spiro atoms. The molecule has 0 heterocycles. The minimum atomic E-state index is -0.141. The molecule has 3 nitrogen and oxygen atoms in total. The molecule has 3 heteroatoms. The summed E-state index contributed by atoms with van der Waals surface area (Å²) in [5.74, 6) is 0.671. The van der Waals surface area contributed by atoms with E-state index < -0.39 is 0 Å². The van der Waals surface area contributed by atoms with Gasteiger partial charge in [0.15, 0.2) is 0 Å². The summed E-state index contributed by atoms with van der Waals surface area (Å²) in [6.07, 6.45) is 1.87. The van der Waals surface area contributed by atoms with Gasteiger partial charge in [-0.3, -0.25) is 4.79 Å². The van der Waals surface area contributed by atoms with Crippen LogP contribution >= 0.6 is 0 Å². The summed E-state index contributed by atoms with van der Waals surface area (Å²) in [6, 6.07) is 0.532. The Kier molecular flexibility index (Phi) is 3.09. The van der Waals surface area contributed by atoms with Crippen LogP contribution in [0.5, 0.6) is 0 Å². The van der Waals surface area contributed by atoms with E-state index >= 15 is 0 Å². The maximum absolute atomic E-state index is 10.7. The van der Waals surface area contributed by atoms with Gasteiger partial charge in [-0.2, -0.15) is 0 Å². The Balaban J connectivity index is 2.06. The van der Waals surface area contributed by atoms with Crippen molar-refractivity contribution in [1.82, 2.24) is 5.32 Å². The van der Waals surface area contributed by atoms with Crippen molar-refractivity contribution in [3.8, 4) is 0 Å². The van der Waals surface area contributed by atoms with Gasteiger partial charge in [0, 0.05) is 12.0 Å². The molecule has 0 aromatic heterocycles. The van der Waals surface area contributed by atoms with Crippen molar-refractivity contribution in [2.45, 2.75) is 32.7 Å². The number of rotatable bonds is 4. The summed E-state index contributed by atoms with van der Waals surface area (Å²) in [5.41, 5.74) is 5.15. The Hall–Kier alpha value is -0.570. The maximum atomic E-state index is 10.7. The third-order valence-electron chi connectivity index (χ3n) is 2.36. The summed E-state index contributed by atoms with van der Waals surface area (Å²) < 4.78 is 0. The number of nitrogens with one attached hydrogen (secondary N) is 1. The van der Waals surface area contributed by atoms with Gasteiger partial charge in [0.2, 0.25) is 5.91 Å². The molecule has 0 atom stereocenters. The summed E-state index contributed by atoms with van der Waals surface area (Å²) in [7, 11) is 0. The van der Waals surface area contributed by atoms with Crippen molar-refractivity contribution in [3.63, 3.8) is 0 Å². The Morgan fingerprint density at radius 2 is 2.17 bits per heavy atom. The monoisotopic (exact) mass is 170 g/mol. The van der Waals surface area contributed by atoms with Crippen LogP contribution in [0, 0.1) is 11.8 Å². The maximum Gasteiger partial charge on any atom is 0.220 e. The van der Waals surface area contributed by atoms with Gasteiger partial charge in [0.1, 0.15) is 0 Å². The minimum Gasteiger partial charge on any atom is -0.369 e. The van der Waals surface area contributed by atoms with Gasteiger partial charge in [0.25, 0.3) is 0 Å². The van der Waals surface area contributed by atoms with Crippen molar-refractivity contribution >= 4 is 5.91 Å². The first-order valence-electron chi connectivity index (χ1n) is 4.62. The lowest BCUT2D eigenvalue weighted by atomic mass is 9.80. The largest absolute Gasteiger partial charge is 0.369 e. The number of hydrogen-bond donors (Lipinski definition) is 2. The third kappa shape index (κ3) is 2.48. The quantitative estimate of drug-likeness (QED) is 0.645. The second-order valence-electron chi connectivity index (χ2n) is 4.07. The predicted molar refractivity (Wildman–Crippen MR) is 48.5 cm³/mol. The van der Waals surface area contributed by atoms with Crippen LogP contribution < -0.4 is 11.1 Å². The number of hydrogen-bond acceptors (Lipinski definition) is 2. The fourth-order valence-corrected chi connectivity index (χ4v) is 1.42. The van der Waals surface area contributed by atoms with Crippen LogP contribution in [-0.4, -0.2) is 18.5 Å². The predicted octanol–water partition coefficient (Wildman–Crippen LogP) is 0.496. The SMILES string of the molecule is CC(C)CNC1CC(C(N)=O)C1. The second-order valence-corrected chi connectivity index (χ2v) is 4.07. The van der Waals surface area contributed by atoms with Gasteiger partial charge in [-0.1, -0.05) is 13.8 Å². The van der Waals surface area contributed by atoms with E-state index in [9.17, 15) is 4.79 Å². The van der Waals surface area contributed by atoms with Crippen LogP contribution in [0.4, 0.5) is 0 Å². The summed E-state index contributed by atoms with van der Waals surface area (Å²) in [6.45, 7) is 5.39. The first-order chi connectivity index (χ1) is 5.59. The molecule has 1 saturated carbocycles.